The van der Waals surface area contributed by atoms with Gasteiger partial charge in [-0.15, -0.1) is 11.3 Å². The largest absolute Gasteiger partial charge is 0.494 e. The standard InChI is InChI=1S/C16H20N2O2S/c1-4-20-14-8-6-5-7-12(14)10-18(3)16(19)15-9-13(17)11(2)21-15/h5-9H,4,10,17H2,1-3H3. The number of para-hydroxylation sites is 1. The van der Waals surface area contributed by atoms with Crippen LogP contribution in [0.3, 0.4) is 0 Å². The molecule has 0 aliphatic rings. The zero-order chi connectivity index (χ0) is 15.4. The van der Waals surface area contributed by atoms with Gasteiger partial charge in [-0.05, 0) is 26.0 Å². The van der Waals surface area contributed by atoms with Gasteiger partial charge in [0.2, 0.25) is 0 Å². The Morgan fingerprint density at radius 2 is 2.10 bits per heavy atom. The van der Waals surface area contributed by atoms with Crippen LogP contribution in [0.1, 0.15) is 27.0 Å². The summed E-state index contributed by atoms with van der Waals surface area (Å²) in [6.07, 6.45) is 0. The van der Waals surface area contributed by atoms with Crippen LogP contribution in [0.5, 0.6) is 5.75 Å². The molecule has 0 aliphatic carbocycles. The van der Waals surface area contributed by atoms with Gasteiger partial charge >= 0.3 is 0 Å². The van der Waals surface area contributed by atoms with Gasteiger partial charge in [0.25, 0.3) is 5.91 Å². The van der Waals surface area contributed by atoms with Crippen molar-refractivity contribution in [1.82, 2.24) is 4.90 Å². The maximum absolute atomic E-state index is 12.4. The van der Waals surface area contributed by atoms with E-state index in [0.717, 1.165) is 16.2 Å². The van der Waals surface area contributed by atoms with Crippen LogP contribution < -0.4 is 10.5 Å². The van der Waals surface area contributed by atoms with Crippen molar-refractivity contribution >= 4 is 22.9 Å². The molecule has 4 nitrogen and oxygen atoms in total. The van der Waals surface area contributed by atoms with Crippen LogP contribution in [0.25, 0.3) is 0 Å². The molecule has 2 rings (SSSR count). The van der Waals surface area contributed by atoms with Crippen molar-refractivity contribution in [2.75, 3.05) is 19.4 Å². The van der Waals surface area contributed by atoms with Crippen molar-refractivity contribution < 1.29 is 9.53 Å². The molecule has 0 fully saturated rings. The van der Waals surface area contributed by atoms with Gasteiger partial charge in [-0.1, -0.05) is 18.2 Å². The fraction of sp³-hybridized carbons (Fsp3) is 0.312. The van der Waals surface area contributed by atoms with E-state index in [1.54, 1.807) is 18.0 Å². The van der Waals surface area contributed by atoms with Crippen LogP contribution in [0.2, 0.25) is 0 Å². The Balaban J connectivity index is 2.14. The number of thiophene rings is 1. The van der Waals surface area contributed by atoms with Gasteiger partial charge in [-0.25, -0.2) is 0 Å². The zero-order valence-corrected chi connectivity index (χ0v) is 13.4. The van der Waals surface area contributed by atoms with E-state index >= 15 is 0 Å². The maximum Gasteiger partial charge on any atom is 0.264 e. The minimum Gasteiger partial charge on any atom is -0.494 e. The highest BCUT2D eigenvalue weighted by atomic mass is 32.1. The fourth-order valence-electron chi connectivity index (χ4n) is 2.05. The number of ether oxygens (including phenoxy) is 1. The molecule has 1 aromatic heterocycles. The second-order valence-electron chi connectivity index (χ2n) is 4.82. The molecule has 21 heavy (non-hydrogen) atoms. The third-order valence-corrected chi connectivity index (χ3v) is 4.25. The van der Waals surface area contributed by atoms with Crippen molar-refractivity contribution in [2.24, 2.45) is 0 Å². The Labute approximate surface area is 129 Å². The van der Waals surface area contributed by atoms with Crippen LogP contribution in [-0.2, 0) is 6.54 Å². The van der Waals surface area contributed by atoms with E-state index in [1.165, 1.54) is 11.3 Å². The molecule has 0 atom stereocenters. The second kappa shape index (κ2) is 6.63. The van der Waals surface area contributed by atoms with Crippen LogP contribution in [0.4, 0.5) is 5.69 Å². The van der Waals surface area contributed by atoms with E-state index in [9.17, 15) is 4.79 Å². The average Bonchev–Trinajstić information content (AvgIpc) is 2.80. The number of benzene rings is 1. The first-order chi connectivity index (χ1) is 10.0. The van der Waals surface area contributed by atoms with Crippen molar-refractivity contribution in [2.45, 2.75) is 20.4 Å². The molecule has 0 unspecified atom stereocenters. The number of nitrogens with two attached hydrogens (primary N) is 1. The molecule has 0 saturated heterocycles. The minimum absolute atomic E-state index is 0.0221. The summed E-state index contributed by atoms with van der Waals surface area (Å²) in [6, 6.07) is 9.52. The summed E-state index contributed by atoms with van der Waals surface area (Å²) in [5.74, 6) is 0.799. The molecule has 2 N–H and O–H groups in total. The molecule has 0 radical (unpaired) electrons. The summed E-state index contributed by atoms with van der Waals surface area (Å²) < 4.78 is 5.59. The Hall–Kier alpha value is -2.01. The molecular formula is C16H20N2O2S. The first-order valence-electron chi connectivity index (χ1n) is 6.85. The molecule has 112 valence electrons. The SMILES string of the molecule is CCOc1ccccc1CN(C)C(=O)c1cc(N)c(C)s1. The summed E-state index contributed by atoms with van der Waals surface area (Å²) in [7, 11) is 1.79. The van der Waals surface area contributed by atoms with Crippen molar-refractivity contribution in [3.05, 3.63) is 45.6 Å². The monoisotopic (exact) mass is 304 g/mol. The quantitative estimate of drug-likeness (QED) is 0.922. The summed E-state index contributed by atoms with van der Waals surface area (Å²) in [6.45, 7) is 4.98. The second-order valence-corrected chi connectivity index (χ2v) is 6.08. The van der Waals surface area contributed by atoms with E-state index < -0.39 is 0 Å². The normalized spacial score (nSPS) is 10.4. The summed E-state index contributed by atoms with van der Waals surface area (Å²) >= 11 is 1.43. The molecule has 0 spiro atoms. The van der Waals surface area contributed by atoms with Crippen LogP contribution in [-0.4, -0.2) is 24.5 Å². The van der Waals surface area contributed by atoms with E-state index in [2.05, 4.69) is 0 Å². The van der Waals surface area contributed by atoms with E-state index in [1.807, 2.05) is 38.1 Å². The molecule has 1 heterocycles. The molecule has 1 amide bonds. The van der Waals surface area contributed by atoms with E-state index in [0.29, 0.717) is 23.7 Å². The fourth-order valence-corrected chi connectivity index (χ4v) is 2.98. The topological polar surface area (TPSA) is 55.6 Å². The summed E-state index contributed by atoms with van der Waals surface area (Å²) in [4.78, 5) is 15.7. The molecule has 0 aliphatic heterocycles. The summed E-state index contributed by atoms with van der Waals surface area (Å²) in [5, 5.41) is 0. The van der Waals surface area contributed by atoms with Gasteiger partial charge in [0.15, 0.2) is 0 Å². The lowest BCUT2D eigenvalue weighted by atomic mass is 10.2. The van der Waals surface area contributed by atoms with Gasteiger partial charge in [0.1, 0.15) is 5.75 Å². The lowest BCUT2D eigenvalue weighted by Crippen LogP contribution is -2.25. The molecular weight excluding hydrogens is 284 g/mol. The maximum atomic E-state index is 12.4. The lowest BCUT2D eigenvalue weighted by molar-refractivity contribution is 0.0789. The van der Waals surface area contributed by atoms with Crippen molar-refractivity contribution in [3.8, 4) is 5.75 Å². The highest BCUT2D eigenvalue weighted by molar-refractivity contribution is 7.14. The first kappa shape index (κ1) is 15.4. The third kappa shape index (κ3) is 3.55. The number of amides is 1. The predicted molar refractivity (Wildman–Crippen MR) is 86.9 cm³/mol. The highest BCUT2D eigenvalue weighted by Crippen LogP contribution is 2.26. The number of carbonyl (C=O) groups excluding carboxylic acids is 1. The third-order valence-electron chi connectivity index (χ3n) is 3.19. The van der Waals surface area contributed by atoms with Gasteiger partial charge in [-0.2, -0.15) is 0 Å². The number of aryl methyl sites for hydroxylation is 1. The molecule has 2 aromatic rings. The van der Waals surface area contributed by atoms with E-state index in [-0.39, 0.29) is 5.91 Å². The van der Waals surface area contributed by atoms with Crippen molar-refractivity contribution in [3.63, 3.8) is 0 Å². The number of nitrogen functional groups attached to an aromatic ring is 1. The number of anilines is 1. The average molecular weight is 304 g/mol. The first-order valence-corrected chi connectivity index (χ1v) is 7.66. The van der Waals surface area contributed by atoms with Gasteiger partial charge in [0.05, 0.1) is 11.5 Å². The summed E-state index contributed by atoms with van der Waals surface area (Å²) in [5.41, 5.74) is 7.48. The van der Waals surface area contributed by atoms with Crippen LogP contribution >= 0.6 is 11.3 Å². The Morgan fingerprint density at radius 1 is 1.38 bits per heavy atom. The number of hydrogen-bond donors (Lipinski definition) is 1. The zero-order valence-electron chi connectivity index (χ0n) is 12.6. The number of carbonyl (C=O) groups is 1. The number of rotatable bonds is 5. The highest BCUT2D eigenvalue weighted by Gasteiger charge is 2.17. The van der Waals surface area contributed by atoms with Crippen LogP contribution in [0.15, 0.2) is 30.3 Å². The Kier molecular flexibility index (Phi) is 4.85. The molecule has 1 aromatic carbocycles. The van der Waals surface area contributed by atoms with Crippen molar-refractivity contribution in [1.29, 1.82) is 0 Å². The Bertz CT molecular complexity index is 617. The molecule has 5 heteroatoms. The predicted octanol–water partition coefficient (Wildman–Crippen LogP) is 3.31. The van der Waals surface area contributed by atoms with Gasteiger partial charge < -0.3 is 15.4 Å². The van der Waals surface area contributed by atoms with Gasteiger partial charge in [-0.3, -0.25) is 4.79 Å². The Morgan fingerprint density at radius 3 is 2.71 bits per heavy atom. The van der Waals surface area contributed by atoms with Crippen LogP contribution in [0, 0.1) is 6.92 Å². The molecule has 0 saturated carbocycles. The number of hydrogen-bond acceptors (Lipinski definition) is 4. The van der Waals surface area contributed by atoms with E-state index in [4.69, 9.17) is 10.5 Å². The number of nitrogens with zero attached hydrogens (tertiary/aromatic N) is 1. The smallest absolute Gasteiger partial charge is 0.264 e. The van der Waals surface area contributed by atoms with Gasteiger partial charge in [0, 0.05) is 29.7 Å². The lowest BCUT2D eigenvalue weighted by Gasteiger charge is -2.18. The molecule has 0 bridgehead atoms. The minimum atomic E-state index is -0.0221.